The van der Waals surface area contributed by atoms with Crippen LogP contribution in [0.3, 0.4) is 0 Å². The molecule has 0 aromatic rings. The van der Waals surface area contributed by atoms with Crippen LogP contribution in [0.25, 0.3) is 0 Å². The van der Waals surface area contributed by atoms with Crippen molar-refractivity contribution < 1.29 is 5.11 Å². The van der Waals surface area contributed by atoms with Gasteiger partial charge in [0, 0.05) is 5.41 Å². The molecule has 0 bridgehead atoms. The number of hydrogen-bond acceptors (Lipinski definition) is 1. The average Bonchev–Trinajstić information content (AvgIpc) is 3.05. The maximum atomic E-state index is 10.8. The van der Waals surface area contributed by atoms with E-state index in [0.29, 0.717) is 27.6 Å². The third-order valence-corrected chi connectivity index (χ3v) is 13.3. The molecule has 9 atom stereocenters. The predicted octanol–water partition coefficient (Wildman–Crippen LogP) is 8.02. The lowest BCUT2D eigenvalue weighted by Crippen LogP contribution is -2.64. The van der Waals surface area contributed by atoms with E-state index in [1.807, 2.05) is 0 Å². The largest absolute Gasteiger partial charge is 0.392 e. The maximum absolute atomic E-state index is 10.8. The number of aliphatic hydroxyl groups excluding tert-OH is 1. The number of fused-ring (bicyclic) bond motifs is 7. The molecule has 0 amide bonds. The maximum Gasteiger partial charge on any atom is 0.0628 e. The average molecular weight is 427 g/mol. The van der Waals surface area contributed by atoms with Gasteiger partial charge in [0.25, 0.3) is 0 Å². The summed E-state index contributed by atoms with van der Waals surface area (Å²) >= 11 is 0. The first-order valence-corrected chi connectivity index (χ1v) is 13.7. The van der Waals surface area contributed by atoms with Crippen LogP contribution < -0.4 is 0 Å². The van der Waals surface area contributed by atoms with Crippen molar-refractivity contribution in [3.05, 3.63) is 11.6 Å². The molecule has 1 unspecified atom stereocenters. The van der Waals surface area contributed by atoms with Crippen molar-refractivity contribution in [3.63, 3.8) is 0 Å². The Hall–Kier alpha value is -0.300. The van der Waals surface area contributed by atoms with Crippen LogP contribution in [0, 0.1) is 56.7 Å². The van der Waals surface area contributed by atoms with Crippen molar-refractivity contribution in [2.45, 2.75) is 119 Å². The van der Waals surface area contributed by atoms with Crippen LogP contribution in [0.15, 0.2) is 11.6 Å². The Morgan fingerprint density at radius 1 is 0.774 bits per heavy atom. The van der Waals surface area contributed by atoms with Gasteiger partial charge in [-0.2, -0.15) is 0 Å². The van der Waals surface area contributed by atoms with Crippen molar-refractivity contribution in [1.29, 1.82) is 0 Å². The lowest BCUT2D eigenvalue weighted by molar-refractivity contribution is -0.214. The molecule has 31 heavy (non-hydrogen) atoms. The van der Waals surface area contributed by atoms with E-state index in [1.165, 1.54) is 51.4 Å². The second-order valence-electron chi connectivity index (χ2n) is 14.6. The Labute approximate surface area is 192 Å². The van der Waals surface area contributed by atoms with Crippen molar-refractivity contribution >= 4 is 0 Å². The quantitative estimate of drug-likeness (QED) is 0.421. The molecule has 0 aromatic heterocycles. The first kappa shape index (κ1) is 22.5. The van der Waals surface area contributed by atoms with Gasteiger partial charge in [-0.15, -0.1) is 0 Å². The van der Waals surface area contributed by atoms with Crippen LogP contribution in [0.2, 0.25) is 0 Å². The highest BCUT2D eigenvalue weighted by Crippen LogP contribution is 2.77. The number of hydrogen-bond donors (Lipinski definition) is 1. The fraction of sp³-hybridized carbons (Fsp3) is 0.933. The molecule has 1 heteroatoms. The molecule has 0 radical (unpaired) electrons. The molecule has 0 aliphatic heterocycles. The van der Waals surface area contributed by atoms with Crippen LogP contribution in [0.5, 0.6) is 0 Å². The van der Waals surface area contributed by atoms with E-state index in [2.05, 4.69) is 61.5 Å². The van der Waals surface area contributed by atoms with E-state index in [4.69, 9.17) is 0 Å². The lowest BCUT2D eigenvalue weighted by Gasteiger charge is -2.71. The molecular weight excluding hydrogens is 376 g/mol. The van der Waals surface area contributed by atoms with Crippen molar-refractivity contribution in [2.24, 2.45) is 56.7 Å². The first-order valence-electron chi connectivity index (χ1n) is 13.7. The van der Waals surface area contributed by atoms with Crippen molar-refractivity contribution in [3.8, 4) is 0 Å². The van der Waals surface area contributed by atoms with E-state index in [-0.39, 0.29) is 11.5 Å². The van der Waals surface area contributed by atoms with Gasteiger partial charge in [0.1, 0.15) is 0 Å². The van der Waals surface area contributed by atoms with Crippen LogP contribution in [0.1, 0.15) is 113 Å². The second kappa shape index (κ2) is 6.64. The first-order chi connectivity index (χ1) is 14.3. The molecule has 0 spiro atoms. The molecule has 0 heterocycles. The predicted molar refractivity (Wildman–Crippen MR) is 131 cm³/mol. The Kier molecular flexibility index (Phi) is 4.82. The lowest BCUT2D eigenvalue weighted by atomic mass is 9.33. The van der Waals surface area contributed by atoms with Crippen molar-refractivity contribution in [2.75, 3.05) is 0 Å². The summed E-state index contributed by atoms with van der Waals surface area (Å²) in [5.74, 6) is 4.15. The fourth-order valence-corrected chi connectivity index (χ4v) is 11.2. The van der Waals surface area contributed by atoms with Crippen LogP contribution >= 0.6 is 0 Å². The summed E-state index contributed by atoms with van der Waals surface area (Å²) < 4.78 is 0. The summed E-state index contributed by atoms with van der Waals surface area (Å²) in [5.41, 5.74) is 3.49. The summed E-state index contributed by atoms with van der Waals surface area (Å²) in [4.78, 5) is 0. The van der Waals surface area contributed by atoms with Gasteiger partial charge in [-0.1, -0.05) is 67.0 Å². The molecule has 176 valence electrons. The fourth-order valence-electron chi connectivity index (χ4n) is 11.2. The van der Waals surface area contributed by atoms with Gasteiger partial charge >= 0.3 is 0 Å². The molecule has 4 saturated carbocycles. The zero-order valence-electron chi connectivity index (χ0n) is 21.9. The zero-order valence-corrected chi connectivity index (χ0v) is 21.9. The Bertz CT molecular complexity index is 777. The number of aliphatic hydroxyl groups is 1. The Balaban J connectivity index is 1.55. The summed E-state index contributed by atoms with van der Waals surface area (Å²) in [5, 5.41) is 10.8. The SMILES string of the molecule is CC(C)[C@H]1CC[C@@H]2[C@]1(C)CC[C@]1(C)[C@H]3CC=C4[C@@H](CCC(O)C4(C)C)[C@]3(C)CC[C@@]21C. The molecule has 5 aliphatic carbocycles. The van der Waals surface area contributed by atoms with Crippen LogP contribution in [-0.4, -0.2) is 11.2 Å². The van der Waals surface area contributed by atoms with Gasteiger partial charge in [0.2, 0.25) is 0 Å². The topological polar surface area (TPSA) is 20.2 Å². The van der Waals surface area contributed by atoms with Crippen molar-refractivity contribution in [1.82, 2.24) is 0 Å². The van der Waals surface area contributed by atoms with E-state index in [0.717, 1.165) is 30.1 Å². The highest BCUT2D eigenvalue weighted by atomic mass is 16.3. The Morgan fingerprint density at radius 3 is 2.03 bits per heavy atom. The smallest absolute Gasteiger partial charge is 0.0628 e. The molecular formula is C30H50O. The van der Waals surface area contributed by atoms with Crippen LogP contribution in [0.4, 0.5) is 0 Å². The van der Waals surface area contributed by atoms with E-state index >= 15 is 0 Å². The van der Waals surface area contributed by atoms with Gasteiger partial charge < -0.3 is 5.11 Å². The normalized spacial score (nSPS) is 55.7. The monoisotopic (exact) mass is 426 g/mol. The van der Waals surface area contributed by atoms with E-state index in [9.17, 15) is 5.11 Å². The van der Waals surface area contributed by atoms with E-state index < -0.39 is 0 Å². The second-order valence-corrected chi connectivity index (χ2v) is 14.6. The number of rotatable bonds is 1. The highest BCUT2D eigenvalue weighted by molar-refractivity contribution is 5.30. The van der Waals surface area contributed by atoms with Gasteiger partial charge in [0.15, 0.2) is 0 Å². The minimum Gasteiger partial charge on any atom is -0.392 e. The molecule has 1 N–H and O–H groups in total. The molecule has 0 saturated heterocycles. The number of allylic oxidation sites excluding steroid dienone is 1. The van der Waals surface area contributed by atoms with Gasteiger partial charge in [0.05, 0.1) is 6.10 Å². The molecule has 5 aliphatic rings. The molecule has 4 fully saturated rings. The summed E-state index contributed by atoms with van der Waals surface area (Å²) in [6.45, 7) is 20.4. The third-order valence-electron chi connectivity index (χ3n) is 13.3. The highest BCUT2D eigenvalue weighted by Gasteiger charge is 2.70. The van der Waals surface area contributed by atoms with Gasteiger partial charge in [-0.3, -0.25) is 0 Å². The van der Waals surface area contributed by atoms with Gasteiger partial charge in [-0.05, 0) is 109 Å². The molecule has 0 aromatic carbocycles. The summed E-state index contributed by atoms with van der Waals surface area (Å²) in [6.07, 6.45) is 14.6. The summed E-state index contributed by atoms with van der Waals surface area (Å²) in [6, 6.07) is 0. The summed E-state index contributed by atoms with van der Waals surface area (Å²) in [7, 11) is 0. The standard InChI is InChI=1S/C30H50O/c1-19(2)20-9-12-23-27(20,5)15-17-30(8)24-13-10-21-22(11-14-25(31)26(21,3)4)28(24,6)16-18-29(23,30)7/h10,19-20,22-25,31H,9,11-18H2,1-8H3/t20-,22-,23-,24+,25?,27-,28+,29+,30-/m1/s1. The molecule has 5 rings (SSSR count). The Morgan fingerprint density at radius 2 is 1.39 bits per heavy atom. The minimum absolute atomic E-state index is 0.0420. The van der Waals surface area contributed by atoms with Gasteiger partial charge in [-0.25, -0.2) is 0 Å². The van der Waals surface area contributed by atoms with Crippen LogP contribution in [-0.2, 0) is 0 Å². The molecule has 1 nitrogen and oxygen atoms in total. The third kappa shape index (κ3) is 2.60. The zero-order chi connectivity index (χ0) is 22.6. The minimum atomic E-state index is -0.165. The van der Waals surface area contributed by atoms with E-state index in [1.54, 1.807) is 5.57 Å².